The molecule has 1 amide bonds. The van der Waals surface area contributed by atoms with Crippen LogP contribution >= 0.6 is 0 Å². The van der Waals surface area contributed by atoms with E-state index < -0.39 is 6.10 Å². The highest BCUT2D eigenvalue weighted by atomic mass is 16.3. The Bertz CT molecular complexity index is 416. The Kier molecular flexibility index (Phi) is 6.21. The van der Waals surface area contributed by atoms with Crippen molar-refractivity contribution in [2.24, 2.45) is 11.8 Å². The monoisotopic (exact) mass is 277 g/mol. The number of benzene rings is 1. The van der Waals surface area contributed by atoms with Gasteiger partial charge in [0.05, 0.1) is 12.1 Å². The van der Waals surface area contributed by atoms with Gasteiger partial charge in [-0.2, -0.15) is 0 Å². The lowest BCUT2D eigenvalue weighted by molar-refractivity contribution is -0.135. The van der Waals surface area contributed by atoms with E-state index in [-0.39, 0.29) is 11.9 Å². The minimum Gasteiger partial charge on any atom is -0.386 e. The van der Waals surface area contributed by atoms with Crippen molar-refractivity contribution < 1.29 is 9.90 Å². The van der Waals surface area contributed by atoms with Crippen LogP contribution in [0.1, 0.15) is 45.8 Å². The molecule has 112 valence electrons. The van der Waals surface area contributed by atoms with Gasteiger partial charge in [0.25, 0.3) is 0 Å². The number of hydrogen-bond acceptors (Lipinski definition) is 2. The normalized spacial score (nSPS) is 15.8. The molecule has 0 heterocycles. The first-order valence-corrected chi connectivity index (χ1v) is 7.33. The Morgan fingerprint density at radius 2 is 1.70 bits per heavy atom. The number of amides is 1. The molecule has 0 aliphatic heterocycles. The zero-order chi connectivity index (χ0) is 15.3. The topological polar surface area (TPSA) is 40.5 Å². The van der Waals surface area contributed by atoms with Crippen LogP contribution in [0.3, 0.4) is 0 Å². The second kappa shape index (κ2) is 7.44. The molecule has 3 nitrogen and oxygen atoms in total. The molecule has 1 N–H and O–H groups in total. The standard InChI is InChI=1S/C17H27NO2/c1-12(2)13(3)11-16(19)18(5)14(4)17(20)15-9-7-6-8-10-15/h6-10,12-14,17,20H,11H2,1-5H3/t13-,14+,17-/m1/s1. The van der Waals surface area contributed by atoms with Crippen LogP contribution in [-0.4, -0.2) is 29.0 Å². The van der Waals surface area contributed by atoms with Crippen molar-refractivity contribution in [2.45, 2.75) is 46.3 Å². The molecule has 0 unspecified atom stereocenters. The van der Waals surface area contributed by atoms with E-state index >= 15 is 0 Å². The maximum atomic E-state index is 12.2. The van der Waals surface area contributed by atoms with Crippen LogP contribution in [0.5, 0.6) is 0 Å². The van der Waals surface area contributed by atoms with E-state index in [1.54, 1.807) is 11.9 Å². The molecule has 3 atom stereocenters. The lowest BCUT2D eigenvalue weighted by Crippen LogP contribution is -2.39. The van der Waals surface area contributed by atoms with Gasteiger partial charge in [-0.1, -0.05) is 51.1 Å². The molecular weight excluding hydrogens is 250 g/mol. The molecule has 3 heteroatoms. The molecule has 0 radical (unpaired) electrons. The Hall–Kier alpha value is -1.35. The Morgan fingerprint density at radius 3 is 2.20 bits per heavy atom. The minimum absolute atomic E-state index is 0.0914. The summed E-state index contributed by atoms with van der Waals surface area (Å²) >= 11 is 0. The van der Waals surface area contributed by atoms with Gasteiger partial charge >= 0.3 is 0 Å². The largest absolute Gasteiger partial charge is 0.386 e. The van der Waals surface area contributed by atoms with Crippen LogP contribution in [-0.2, 0) is 4.79 Å². The van der Waals surface area contributed by atoms with Crippen molar-refractivity contribution in [3.63, 3.8) is 0 Å². The second-order valence-electron chi connectivity index (χ2n) is 6.03. The molecule has 20 heavy (non-hydrogen) atoms. The van der Waals surface area contributed by atoms with Crippen LogP contribution in [0.4, 0.5) is 0 Å². The third-order valence-electron chi connectivity index (χ3n) is 4.24. The van der Waals surface area contributed by atoms with Crippen molar-refractivity contribution in [2.75, 3.05) is 7.05 Å². The number of rotatable bonds is 6. The van der Waals surface area contributed by atoms with Gasteiger partial charge in [0, 0.05) is 13.5 Å². The molecule has 0 spiro atoms. The zero-order valence-corrected chi connectivity index (χ0v) is 13.2. The van der Waals surface area contributed by atoms with E-state index in [9.17, 15) is 9.90 Å². The van der Waals surface area contributed by atoms with Gasteiger partial charge in [-0.25, -0.2) is 0 Å². The number of carbonyl (C=O) groups is 1. The number of hydrogen-bond donors (Lipinski definition) is 1. The fraction of sp³-hybridized carbons (Fsp3) is 0.588. The number of nitrogens with zero attached hydrogens (tertiary/aromatic N) is 1. The SMILES string of the molecule is CC(C)[C@H](C)CC(=O)N(C)[C@@H](C)[C@@H](O)c1ccccc1. The van der Waals surface area contributed by atoms with Gasteiger partial charge in [-0.15, -0.1) is 0 Å². The van der Waals surface area contributed by atoms with Gasteiger partial charge in [0.1, 0.15) is 0 Å². The molecule has 0 saturated carbocycles. The second-order valence-corrected chi connectivity index (χ2v) is 6.03. The Balaban J connectivity index is 2.66. The van der Waals surface area contributed by atoms with Gasteiger partial charge in [0.2, 0.25) is 5.91 Å². The molecule has 0 bridgehead atoms. The zero-order valence-electron chi connectivity index (χ0n) is 13.2. The summed E-state index contributed by atoms with van der Waals surface area (Å²) in [5.74, 6) is 0.932. The van der Waals surface area contributed by atoms with E-state index in [0.717, 1.165) is 5.56 Å². The van der Waals surface area contributed by atoms with E-state index in [1.165, 1.54) is 0 Å². The fourth-order valence-electron chi connectivity index (χ4n) is 2.02. The summed E-state index contributed by atoms with van der Waals surface area (Å²) in [5.41, 5.74) is 0.844. The van der Waals surface area contributed by atoms with Crippen LogP contribution < -0.4 is 0 Å². The number of aliphatic hydroxyl groups is 1. The van der Waals surface area contributed by atoms with Crippen molar-refractivity contribution in [3.05, 3.63) is 35.9 Å². The molecule has 1 aromatic carbocycles. The summed E-state index contributed by atoms with van der Waals surface area (Å²) in [6.45, 7) is 8.23. The number of likely N-dealkylation sites (N-methyl/N-ethyl adjacent to an activating group) is 1. The third kappa shape index (κ3) is 4.34. The van der Waals surface area contributed by atoms with Crippen molar-refractivity contribution >= 4 is 5.91 Å². The van der Waals surface area contributed by atoms with E-state index in [0.29, 0.717) is 18.3 Å². The maximum absolute atomic E-state index is 12.2. The van der Waals surface area contributed by atoms with Gasteiger partial charge in [0.15, 0.2) is 0 Å². The van der Waals surface area contributed by atoms with Crippen molar-refractivity contribution in [1.82, 2.24) is 4.90 Å². The maximum Gasteiger partial charge on any atom is 0.222 e. The summed E-state index contributed by atoms with van der Waals surface area (Å²) < 4.78 is 0. The van der Waals surface area contributed by atoms with E-state index in [4.69, 9.17) is 0 Å². The first-order chi connectivity index (χ1) is 9.34. The van der Waals surface area contributed by atoms with Gasteiger partial charge in [-0.3, -0.25) is 4.79 Å². The van der Waals surface area contributed by atoms with Gasteiger partial charge < -0.3 is 10.0 Å². The summed E-state index contributed by atoms with van der Waals surface area (Å²) in [6, 6.07) is 9.25. The van der Waals surface area contributed by atoms with Crippen molar-refractivity contribution in [1.29, 1.82) is 0 Å². The summed E-state index contributed by atoms with van der Waals surface area (Å²) in [5, 5.41) is 10.4. The Morgan fingerprint density at radius 1 is 1.15 bits per heavy atom. The highest BCUT2D eigenvalue weighted by Crippen LogP contribution is 2.22. The smallest absolute Gasteiger partial charge is 0.222 e. The first-order valence-electron chi connectivity index (χ1n) is 7.33. The minimum atomic E-state index is -0.653. The molecule has 0 aromatic heterocycles. The average Bonchev–Trinajstić information content (AvgIpc) is 2.45. The highest BCUT2D eigenvalue weighted by molar-refractivity contribution is 5.76. The molecule has 0 saturated heterocycles. The first kappa shape index (κ1) is 16.7. The summed E-state index contributed by atoms with van der Waals surface area (Å²) in [7, 11) is 1.77. The summed E-state index contributed by atoms with van der Waals surface area (Å²) in [6.07, 6.45) is -0.125. The van der Waals surface area contributed by atoms with Crippen LogP contribution in [0.2, 0.25) is 0 Å². The molecule has 1 rings (SSSR count). The number of aliphatic hydroxyl groups excluding tert-OH is 1. The lowest BCUT2D eigenvalue weighted by Gasteiger charge is -2.30. The van der Waals surface area contributed by atoms with Gasteiger partial charge in [-0.05, 0) is 24.3 Å². The van der Waals surface area contributed by atoms with Crippen molar-refractivity contribution in [3.8, 4) is 0 Å². The van der Waals surface area contributed by atoms with Crippen LogP contribution in [0.25, 0.3) is 0 Å². The van der Waals surface area contributed by atoms with E-state index in [1.807, 2.05) is 37.3 Å². The molecule has 0 aliphatic rings. The number of carbonyl (C=O) groups excluding carboxylic acids is 1. The molecule has 0 fully saturated rings. The molecule has 1 aromatic rings. The third-order valence-corrected chi connectivity index (χ3v) is 4.24. The predicted molar refractivity (Wildman–Crippen MR) is 82.3 cm³/mol. The summed E-state index contributed by atoms with van der Waals surface area (Å²) in [4.78, 5) is 13.9. The fourth-order valence-corrected chi connectivity index (χ4v) is 2.02. The van der Waals surface area contributed by atoms with E-state index in [2.05, 4.69) is 20.8 Å². The lowest BCUT2D eigenvalue weighted by atomic mass is 9.93. The van der Waals surface area contributed by atoms with Crippen LogP contribution in [0, 0.1) is 11.8 Å². The predicted octanol–water partition coefficient (Wildman–Crippen LogP) is 3.25. The quantitative estimate of drug-likeness (QED) is 0.867. The highest BCUT2D eigenvalue weighted by Gasteiger charge is 2.25. The average molecular weight is 277 g/mol. The Labute approximate surface area is 122 Å². The molecular formula is C17H27NO2. The van der Waals surface area contributed by atoms with Crippen LogP contribution in [0.15, 0.2) is 30.3 Å². The molecule has 0 aliphatic carbocycles.